The summed E-state index contributed by atoms with van der Waals surface area (Å²) >= 11 is 5.86. The van der Waals surface area contributed by atoms with E-state index in [1.165, 1.54) is 6.08 Å². The molecule has 0 aliphatic heterocycles. The van der Waals surface area contributed by atoms with Crippen molar-refractivity contribution in [1.29, 1.82) is 5.26 Å². The van der Waals surface area contributed by atoms with Crippen LogP contribution in [0.5, 0.6) is 11.5 Å². The quantitative estimate of drug-likeness (QED) is 0.300. The molecule has 0 aliphatic carbocycles. The van der Waals surface area contributed by atoms with Gasteiger partial charge in [-0.25, -0.2) is 0 Å². The zero-order chi connectivity index (χ0) is 25.2. The first-order chi connectivity index (χ1) is 16.9. The lowest BCUT2D eigenvalue weighted by Gasteiger charge is -2.13. The molecule has 35 heavy (non-hydrogen) atoms. The summed E-state index contributed by atoms with van der Waals surface area (Å²) in [4.78, 5) is 24.9. The average molecular weight is 490 g/mol. The van der Waals surface area contributed by atoms with Gasteiger partial charge >= 0.3 is 0 Å². The second-order valence-electron chi connectivity index (χ2n) is 7.42. The van der Waals surface area contributed by atoms with E-state index in [-0.39, 0.29) is 18.1 Å². The predicted molar refractivity (Wildman–Crippen MR) is 137 cm³/mol. The Morgan fingerprint density at radius 3 is 2.43 bits per heavy atom. The summed E-state index contributed by atoms with van der Waals surface area (Å²) in [5.41, 5.74) is 2.65. The fraction of sp³-hybridized carbons (Fsp3) is 0.148. The number of hydrogen-bond donors (Lipinski definition) is 2. The van der Waals surface area contributed by atoms with Crippen LogP contribution in [0.1, 0.15) is 18.1 Å². The molecule has 0 atom stereocenters. The maximum absolute atomic E-state index is 12.5. The molecule has 0 bridgehead atoms. The Morgan fingerprint density at radius 2 is 1.74 bits per heavy atom. The molecule has 0 radical (unpaired) electrons. The third kappa shape index (κ3) is 7.36. The minimum atomic E-state index is -0.555. The topological polar surface area (TPSA) is 100 Å². The van der Waals surface area contributed by atoms with E-state index in [0.29, 0.717) is 40.1 Å². The highest BCUT2D eigenvalue weighted by molar-refractivity contribution is 6.30. The highest BCUT2D eigenvalue weighted by Gasteiger charge is 2.13. The third-order valence-corrected chi connectivity index (χ3v) is 5.08. The minimum absolute atomic E-state index is 0.0892. The van der Waals surface area contributed by atoms with Crippen molar-refractivity contribution in [2.75, 3.05) is 23.8 Å². The molecule has 7 nitrogen and oxygen atoms in total. The SMILES string of the molecule is CCOc1cc(/C=C(\C#N)C(=O)Nc2ccc(Cl)cc2)ccc1OCC(=O)Nc1ccccc1C. The standard InChI is InChI=1S/C27H24ClN3O4/c1-3-34-25-15-19(14-20(16-29)27(33)30-22-11-9-21(28)10-12-22)8-13-24(25)35-17-26(32)31-23-7-5-4-6-18(23)2/h4-15H,3,17H2,1-2H3,(H,30,33)(H,31,32)/b20-14+. The zero-order valence-electron chi connectivity index (χ0n) is 19.3. The van der Waals surface area contributed by atoms with E-state index in [1.54, 1.807) is 42.5 Å². The van der Waals surface area contributed by atoms with Crippen LogP contribution < -0.4 is 20.1 Å². The highest BCUT2D eigenvalue weighted by Crippen LogP contribution is 2.29. The fourth-order valence-electron chi connectivity index (χ4n) is 3.09. The summed E-state index contributed by atoms with van der Waals surface area (Å²) < 4.78 is 11.3. The predicted octanol–water partition coefficient (Wildman–Crippen LogP) is 5.61. The number of carbonyl (C=O) groups is 2. The molecule has 2 amide bonds. The Kier molecular flexibility index (Phi) is 8.88. The number of rotatable bonds is 9. The van der Waals surface area contributed by atoms with E-state index in [1.807, 2.05) is 44.2 Å². The molecule has 3 aromatic carbocycles. The van der Waals surface area contributed by atoms with Gasteiger partial charge in [-0.1, -0.05) is 35.9 Å². The summed E-state index contributed by atoms with van der Waals surface area (Å²) in [6.45, 7) is 3.87. The molecule has 3 rings (SSSR count). The van der Waals surface area contributed by atoms with Crippen LogP contribution >= 0.6 is 11.6 Å². The van der Waals surface area contributed by atoms with Crippen LogP contribution in [0.2, 0.25) is 5.02 Å². The van der Waals surface area contributed by atoms with Crippen molar-refractivity contribution in [3.8, 4) is 17.6 Å². The first-order valence-corrected chi connectivity index (χ1v) is 11.2. The van der Waals surface area contributed by atoms with E-state index in [0.717, 1.165) is 5.56 Å². The van der Waals surface area contributed by atoms with Gasteiger partial charge in [0.05, 0.1) is 6.61 Å². The molecule has 3 aromatic rings. The second kappa shape index (κ2) is 12.3. The van der Waals surface area contributed by atoms with Crippen LogP contribution in [-0.2, 0) is 9.59 Å². The monoisotopic (exact) mass is 489 g/mol. The molecule has 0 fully saturated rings. The Hall–Kier alpha value is -4.28. The average Bonchev–Trinajstić information content (AvgIpc) is 2.85. The number of anilines is 2. The van der Waals surface area contributed by atoms with Crippen molar-refractivity contribution in [2.24, 2.45) is 0 Å². The van der Waals surface area contributed by atoms with Gasteiger partial charge in [-0.3, -0.25) is 9.59 Å². The second-order valence-corrected chi connectivity index (χ2v) is 7.86. The molecule has 0 saturated carbocycles. The normalized spacial score (nSPS) is 10.7. The molecular weight excluding hydrogens is 466 g/mol. The lowest BCUT2D eigenvalue weighted by Crippen LogP contribution is -2.20. The van der Waals surface area contributed by atoms with Gasteiger partial charge in [0.25, 0.3) is 11.8 Å². The molecule has 0 aliphatic rings. The molecule has 2 N–H and O–H groups in total. The van der Waals surface area contributed by atoms with Gasteiger partial charge in [0.15, 0.2) is 18.1 Å². The van der Waals surface area contributed by atoms with Gasteiger partial charge in [-0.2, -0.15) is 5.26 Å². The van der Waals surface area contributed by atoms with E-state index in [4.69, 9.17) is 21.1 Å². The van der Waals surface area contributed by atoms with Gasteiger partial charge in [0.2, 0.25) is 0 Å². The summed E-state index contributed by atoms with van der Waals surface area (Å²) in [7, 11) is 0. The lowest BCUT2D eigenvalue weighted by atomic mass is 10.1. The van der Waals surface area contributed by atoms with Crippen LogP contribution in [-0.4, -0.2) is 25.0 Å². The van der Waals surface area contributed by atoms with Crippen molar-refractivity contribution in [3.05, 3.63) is 88.5 Å². The van der Waals surface area contributed by atoms with Crippen molar-refractivity contribution in [3.63, 3.8) is 0 Å². The maximum Gasteiger partial charge on any atom is 0.266 e. The Bertz CT molecular complexity index is 1280. The van der Waals surface area contributed by atoms with Crippen molar-refractivity contribution in [2.45, 2.75) is 13.8 Å². The highest BCUT2D eigenvalue weighted by atomic mass is 35.5. The smallest absolute Gasteiger partial charge is 0.266 e. The van der Waals surface area contributed by atoms with Crippen LogP contribution in [0, 0.1) is 18.3 Å². The number of nitrogens with one attached hydrogen (secondary N) is 2. The van der Waals surface area contributed by atoms with Gasteiger partial charge in [-0.05, 0) is 73.5 Å². The van der Waals surface area contributed by atoms with Crippen LogP contribution in [0.4, 0.5) is 11.4 Å². The Morgan fingerprint density at radius 1 is 1.00 bits per heavy atom. The molecule has 8 heteroatoms. The van der Waals surface area contributed by atoms with Gasteiger partial charge in [-0.15, -0.1) is 0 Å². The molecule has 0 unspecified atom stereocenters. The van der Waals surface area contributed by atoms with E-state index in [2.05, 4.69) is 10.6 Å². The molecular formula is C27H24ClN3O4. The zero-order valence-corrected chi connectivity index (χ0v) is 20.1. The van der Waals surface area contributed by atoms with Gasteiger partial charge in [0, 0.05) is 16.4 Å². The number of nitriles is 1. The number of aryl methyl sites for hydroxylation is 1. The fourth-order valence-corrected chi connectivity index (χ4v) is 3.22. The number of halogens is 1. The van der Waals surface area contributed by atoms with E-state index in [9.17, 15) is 14.9 Å². The van der Waals surface area contributed by atoms with Crippen molar-refractivity contribution >= 4 is 40.9 Å². The Labute approximate surface area is 208 Å². The summed E-state index contributed by atoms with van der Waals surface area (Å²) in [5, 5.41) is 15.5. The molecule has 0 aromatic heterocycles. The number of hydrogen-bond acceptors (Lipinski definition) is 5. The molecule has 0 heterocycles. The number of amides is 2. The summed E-state index contributed by atoms with van der Waals surface area (Å²) in [6.07, 6.45) is 1.45. The molecule has 0 saturated heterocycles. The minimum Gasteiger partial charge on any atom is -0.490 e. The lowest BCUT2D eigenvalue weighted by molar-refractivity contribution is -0.118. The van der Waals surface area contributed by atoms with Crippen molar-refractivity contribution < 1.29 is 19.1 Å². The molecule has 0 spiro atoms. The van der Waals surface area contributed by atoms with Gasteiger partial charge < -0.3 is 20.1 Å². The molecule has 178 valence electrons. The van der Waals surface area contributed by atoms with Crippen LogP contribution in [0.3, 0.4) is 0 Å². The first kappa shape index (κ1) is 25.3. The number of benzene rings is 3. The number of carbonyl (C=O) groups excluding carboxylic acids is 2. The first-order valence-electron chi connectivity index (χ1n) is 10.8. The largest absolute Gasteiger partial charge is 0.490 e. The van der Waals surface area contributed by atoms with Crippen molar-refractivity contribution in [1.82, 2.24) is 0 Å². The van der Waals surface area contributed by atoms with Crippen LogP contribution in [0.25, 0.3) is 6.08 Å². The maximum atomic E-state index is 12.5. The summed E-state index contributed by atoms with van der Waals surface area (Å²) in [5.74, 6) is -0.106. The number of ether oxygens (including phenoxy) is 2. The van der Waals surface area contributed by atoms with E-state index >= 15 is 0 Å². The van der Waals surface area contributed by atoms with Crippen LogP contribution in [0.15, 0.2) is 72.3 Å². The van der Waals surface area contributed by atoms with E-state index < -0.39 is 5.91 Å². The third-order valence-electron chi connectivity index (χ3n) is 4.82. The van der Waals surface area contributed by atoms with Gasteiger partial charge in [0.1, 0.15) is 11.6 Å². The Balaban J connectivity index is 1.71. The summed E-state index contributed by atoms with van der Waals surface area (Å²) in [6, 6.07) is 20.9. The number of nitrogens with zero attached hydrogens (tertiary/aromatic N) is 1. The number of para-hydroxylation sites is 1.